The van der Waals surface area contributed by atoms with Gasteiger partial charge in [-0.25, -0.2) is 8.42 Å². The molecule has 1 saturated carbocycles. The third kappa shape index (κ3) is 8.71. The highest BCUT2D eigenvalue weighted by Crippen LogP contribution is 2.34. The van der Waals surface area contributed by atoms with Crippen molar-refractivity contribution in [3.05, 3.63) is 94.0 Å². The number of hydrogen-bond acceptors (Lipinski definition) is 4. The van der Waals surface area contributed by atoms with E-state index in [9.17, 15) is 31.2 Å². The van der Waals surface area contributed by atoms with Gasteiger partial charge in [-0.05, 0) is 67.3 Å². The second-order valence-corrected chi connectivity index (χ2v) is 13.6. The van der Waals surface area contributed by atoms with Crippen LogP contribution in [0.15, 0.2) is 77.7 Å². The van der Waals surface area contributed by atoms with Gasteiger partial charge in [0.2, 0.25) is 11.8 Å². The number of carbonyl (C=O) groups excluding carboxylic acids is 2. The van der Waals surface area contributed by atoms with Crippen molar-refractivity contribution in [2.75, 3.05) is 10.8 Å². The molecule has 3 aromatic carbocycles. The van der Waals surface area contributed by atoms with E-state index in [-0.39, 0.29) is 34.6 Å². The predicted octanol–water partition coefficient (Wildman–Crippen LogP) is 7.46. The number of carbonyl (C=O) groups is 2. The Hall–Kier alpha value is -3.28. The molecular formula is C32H34Cl2F3N3O4S. The van der Waals surface area contributed by atoms with Gasteiger partial charge in [0.15, 0.2) is 0 Å². The van der Waals surface area contributed by atoms with E-state index in [0.717, 1.165) is 44.2 Å². The van der Waals surface area contributed by atoms with Crippen molar-refractivity contribution >= 4 is 50.7 Å². The normalized spacial score (nSPS) is 14.9. The van der Waals surface area contributed by atoms with Gasteiger partial charge in [0.25, 0.3) is 10.0 Å². The first-order valence-electron chi connectivity index (χ1n) is 14.6. The first-order valence-corrected chi connectivity index (χ1v) is 16.8. The highest BCUT2D eigenvalue weighted by atomic mass is 35.5. The molecule has 2 amide bonds. The predicted molar refractivity (Wildman–Crippen MR) is 169 cm³/mol. The number of halogens is 5. The Labute approximate surface area is 271 Å². The average Bonchev–Trinajstić information content (AvgIpc) is 3.01. The number of nitrogens with zero attached hydrogens (tertiary/aromatic N) is 2. The van der Waals surface area contributed by atoms with Gasteiger partial charge in [0, 0.05) is 22.6 Å². The molecule has 0 heterocycles. The number of sulfonamides is 1. The van der Waals surface area contributed by atoms with E-state index in [1.54, 1.807) is 25.1 Å². The van der Waals surface area contributed by atoms with E-state index in [2.05, 4.69) is 5.32 Å². The van der Waals surface area contributed by atoms with Gasteiger partial charge in [-0.2, -0.15) is 13.2 Å². The Kier molecular flexibility index (Phi) is 11.4. The highest BCUT2D eigenvalue weighted by Gasteiger charge is 2.36. The fourth-order valence-electron chi connectivity index (χ4n) is 5.38. The Balaban J connectivity index is 1.76. The molecule has 13 heteroatoms. The van der Waals surface area contributed by atoms with Gasteiger partial charge < -0.3 is 10.2 Å². The maximum absolute atomic E-state index is 14.2. The summed E-state index contributed by atoms with van der Waals surface area (Å²) in [6, 6.07) is 14.5. The maximum atomic E-state index is 14.2. The molecule has 0 saturated heterocycles. The van der Waals surface area contributed by atoms with Crippen molar-refractivity contribution in [3.8, 4) is 0 Å². The molecule has 242 valence electrons. The van der Waals surface area contributed by atoms with Crippen LogP contribution < -0.4 is 9.62 Å². The van der Waals surface area contributed by atoms with E-state index in [1.165, 1.54) is 41.3 Å². The highest BCUT2D eigenvalue weighted by molar-refractivity contribution is 7.92. The molecule has 0 bridgehead atoms. The Morgan fingerprint density at radius 3 is 2.27 bits per heavy atom. The molecule has 1 N–H and O–H groups in total. The number of hydrogen-bond donors (Lipinski definition) is 1. The summed E-state index contributed by atoms with van der Waals surface area (Å²) in [5.41, 5.74) is -0.982. The lowest BCUT2D eigenvalue weighted by Gasteiger charge is -2.34. The van der Waals surface area contributed by atoms with Gasteiger partial charge in [-0.1, -0.05) is 79.7 Å². The number of rotatable bonds is 11. The molecule has 0 radical (unpaired) electrons. The van der Waals surface area contributed by atoms with E-state index < -0.39 is 46.2 Å². The molecule has 45 heavy (non-hydrogen) atoms. The van der Waals surface area contributed by atoms with Crippen LogP contribution in [0.25, 0.3) is 0 Å². The topological polar surface area (TPSA) is 86.8 Å². The van der Waals surface area contributed by atoms with Crippen molar-refractivity contribution < 1.29 is 31.2 Å². The molecule has 4 rings (SSSR count). The third-order valence-corrected chi connectivity index (χ3v) is 10.1. The number of alkyl halides is 3. The van der Waals surface area contributed by atoms with Crippen molar-refractivity contribution in [3.63, 3.8) is 0 Å². The average molecular weight is 685 g/mol. The minimum atomic E-state index is -4.76. The summed E-state index contributed by atoms with van der Waals surface area (Å²) in [5, 5.41) is 3.62. The van der Waals surface area contributed by atoms with Gasteiger partial charge in [0.05, 0.1) is 16.1 Å². The lowest BCUT2D eigenvalue weighted by Crippen LogP contribution is -2.54. The van der Waals surface area contributed by atoms with Crippen LogP contribution in [0.4, 0.5) is 18.9 Å². The van der Waals surface area contributed by atoms with Crippen molar-refractivity contribution in [1.82, 2.24) is 10.2 Å². The largest absolute Gasteiger partial charge is 0.416 e. The first-order chi connectivity index (χ1) is 21.3. The number of anilines is 1. The lowest BCUT2D eigenvalue weighted by molar-refractivity contribution is -0.140. The van der Waals surface area contributed by atoms with Crippen molar-refractivity contribution in [2.45, 2.75) is 75.1 Å². The number of benzene rings is 3. The lowest BCUT2D eigenvalue weighted by atomic mass is 9.95. The van der Waals surface area contributed by atoms with Gasteiger partial charge >= 0.3 is 6.18 Å². The van der Waals surface area contributed by atoms with Gasteiger partial charge in [0.1, 0.15) is 12.6 Å². The minimum absolute atomic E-state index is 0.0589. The minimum Gasteiger partial charge on any atom is -0.352 e. The van der Waals surface area contributed by atoms with Crippen molar-refractivity contribution in [1.29, 1.82) is 0 Å². The molecule has 3 aromatic rings. The Bertz CT molecular complexity index is 1600. The van der Waals surface area contributed by atoms with Gasteiger partial charge in [-0.15, -0.1) is 0 Å². The fraction of sp³-hybridized carbons (Fsp3) is 0.375. The zero-order valence-electron chi connectivity index (χ0n) is 24.6. The summed E-state index contributed by atoms with van der Waals surface area (Å²) in [4.78, 5) is 28.9. The van der Waals surface area contributed by atoms with E-state index in [1.807, 2.05) is 0 Å². The third-order valence-electron chi connectivity index (χ3n) is 7.76. The van der Waals surface area contributed by atoms with Crippen LogP contribution in [0.3, 0.4) is 0 Å². The summed E-state index contributed by atoms with van der Waals surface area (Å²) in [6.45, 7) is 0.671. The van der Waals surface area contributed by atoms with Crippen LogP contribution in [0.1, 0.15) is 56.6 Å². The number of nitrogens with one attached hydrogen (secondary N) is 1. The monoisotopic (exact) mass is 683 g/mol. The summed E-state index contributed by atoms with van der Waals surface area (Å²) in [7, 11) is -4.53. The fourth-order valence-corrected chi connectivity index (χ4v) is 7.28. The smallest absolute Gasteiger partial charge is 0.352 e. The second kappa shape index (κ2) is 14.9. The summed E-state index contributed by atoms with van der Waals surface area (Å²) in [5.74, 6) is -1.21. The van der Waals surface area contributed by atoms with Crippen molar-refractivity contribution in [2.24, 2.45) is 0 Å². The molecule has 0 spiro atoms. The SMILES string of the molecule is CCC(C(=O)NC1CCCCC1)N(Cc1ccc(Cl)cc1Cl)C(=O)CN(c1cccc(C(F)(F)F)c1)S(=O)(=O)c1ccccc1. The Morgan fingerprint density at radius 1 is 0.956 bits per heavy atom. The molecule has 1 aliphatic carbocycles. The van der Waals surface area contributed by atoms with E-state index >= 15 is 0 Å². The van der Waals surface area contributed by atoms with Gasteiger partial charge in [-0.3, -0.25) is 13.9 Å². The molecule has 1 aliphatic rings. The molecular weight excluding hydrogens is 650 g/mol. The zero-order chi connectivity index (χ0) is 32.8. The van der Waals surface area contributed by atoms with E-state index in [4.69, 9.17) is 23.2 Å². The molecule has 0 aromatic heterocycles. The van der Waals surface area contributed by atoms with E-state index in [0.29, 0.717) is 21.0 Å². The standard InChI is InChI=1S/C32H34Cl2F3N3O4S/c1-2-29(31(42)38-25-11-5-3-6-12-25)39(20-22-16-17-24(33)19-28(22)34)30(41)21-40(45(43,44)27-14-7-4-8-15-27)26-13-9-10-23(18-26)32(35,36)37/h4,7-10,13-19,25,29H,2-3,5-6,11-12,20-21H2,1H3,(H,38,42). The quantitative estimate of drug-likeness (QED) is 0.227. The summed E-state index contributed by atoms with van der Waals surface area (Å²) in [6.07, 6.45) is 0.0385. The molecule has 0 aliphatic heterocycles. The molecule has 1 unspecified atom stereocenters. The summed E-state index contributed by atoms with van der Waals surface area (Å²) >= 11 is 12.5. The molecule has 7 nitrogen and oxygen atoms in total. The first kappa shape index (κ1) is 34.6. The van der Waals surface area contributed by atoms with Crippen LogP contribution in [-0.4, -0.2) is 43.8 Å². The number of amides is 2. The Morgan fingerprint density at radius 2 is 1.64 bits per heavy atom. The van der Waals surface area contributed by atoms with Crippen LogP contribution in [0.5, 0.6) is 0 Å². The van der Waals surface area contributed by atoms with Crippen LogP contribution in [0, 0.1) is 0 Å². The second-order valence-electron chi connectivity index (χ2n) is 10.9. The van der Waals surface area contributed by atoms with Crippen LogP contribution in [0.2, 0.25) is 10.0 Å². The summed E-state index contributed by atoms with van der Waals surface area (Å²) < 4.78 is 69.5. The maximum Gasteiger partial charge on any atom is 0.416 e. The van der Waals surface area contributed by atoms with Crippen LogP contribution >= 0.6 is 23.2 Å². The molecule has 1 atom stereocenters. The molecule has 1 fully saturated rings. The zero-order valence-corrected chi connectivity index (χ0v) is 26.9. The van der Waals surface area contributed by atoms with Crippen LogP contribution in [-0.2, 0) is 32.3 Å².